The first kappa shape index (κ1) is 20.1. The van der Waals surface area contributed by atoms with E-state index in [1.807, 2.05) is 60.7 Å². The van der Waals surface area contributed by atoms with Crippen molar-refractivity contribution in [3.05, 3.63) is 95.6 Å². The maximum Gasteiger partial charge on any atom is 0.258 e. The molecule has 3 rings (SSSR count). The Morgan fingerprint density at radius 1 is 0.897 bits per heavy atom. The Bertz CT molecular complexity index is 931. The van der Waals surface area contributed by atoms with Crippen molar-refractivity contribution in [3.8, 4) is 11.5 Å². The van der Waals surface area contributed by atoms with Gasteiger partial charge in [-0.25, -0.2) is 0 Å². The zero-order valence-electron chi connectivity index (χ0n) is 16.4. The molecule has 0 saturated carbocycles. The fourth-order valence-electron chi connectivity index (χ4n) is 3.03. The average molecular weight is 389 g/mol. The number of benzene rings is 3. The summed E-state index contributed by atoms with van der Waals surface area (Å²) < 4.78 is 10.8. The number of hydrogen-bond acceptors (Lipinski definition) is 4. The molecule has 0 bridgehead atoms. The molecule has 1 N–H and O–H groups in total. The lowest BCUT2D eigenvalue weighted by Gasteiger charge is -2.20. The van der Waals surface area contributed by atoms with Gasteiger partial charge in [0, 0.05) is 0 Å². The zero-order chi connectivity index (χ0) is 20.6. The standard InChI is InChI=1S/C24H23NO4/c1-17(26)21-15-20(28-2)13-14-22(21)29-16-23(27)25-24(18-9-5-3-6-10-18)19-11-7-4-8-12-19/h3-15,24H,16H2,1-2H3,(H,25,27). The van der Waals surface area contributed by atoms with Gasteiger partial charge in [-0.3, -0.25) is 9.59 Å². The number of carbonyl (C=O) groups is 2. The van der Waals surface area contributed by atoms with Gasteiger partial charge in [0.05, 0.1) is 18.7 Å². The van der Waals surface area contributed by atoms with Crippen LogP contribution < -0.4 is 14.8 Å². The Hall–Kier alpha value is -3.60. The SMILES string of the molecule is COc1ccc(OCC(=O)NC(c2ccccc2)c2ccccc2)c(C(C)=O)c1. The third-order valence-electron chi connectivity index (χ3n) is 4.50. The van der Waals surface area contributed by atoms with Crippen LogP contribution in [0, 0.1) is 0 Å². The summed E-state index contributed by atoms with van der Waals surface area (Å²) in [7, 11) is 1.53. The van der Waals surface area contributed by atoms with Gasteiger partial charge in [0.25, 0.3) is 5.91 Å². The van der Waals surface area contributed by atoms with E-state index in [2.05, 4.69) is 5.32 Å². The molecule has 5 nitrogen and oxygen atoms in total. The Kier molecular flexibility index (Phi) is 6.63. The highest BCUT2D eigenvalue weighted by atomic mass is 16.5. The van der Waals surface area contributed by atoms with Crippen molar-refractivity contribution in [2.45, 2.75) is 13.0 Å². The molecule has 148 valence electrons. The number of ketones is 1. The Labute approximate surface area is 170 Å². The highest BCUT2D eigenvalue weighted by molar-refractivity contribution is 5.97. The second kappa shape index (κ2) is 9.55. The second-order valence-corrected chi connectivity index (χ2v) is 6.53. The molecule has 0 aliphatic carbocycles. The monoisotopic (exact) mass is 389 g/mol. The minimum Gasteiger partial charge on any atom is -0.497 e. The quantitative estimate of drug-likeness (QED) is 0.587. The molecule has 5 heteroatoms. The fourth-order valence-corrected chi connectivity index (χ4v) is 3.03. The number of methoxy groups -OCH3 is 1. The summed E-state index contributed by atoms with van der Waals surface area (Å²) in [5.41, 5.74) is 2.32. The van der Waals surface area contributed by atoms with E-state index >= 15 is 0 Å². The van der Waals surface area contributed by atoms with E-state index in [0.29, 0.717) is 17.1 Å². The normalized spacial score (nSPS) is 10.4. The van der Waals surface area contributed by atoms with Crippen LogP contribution in [0.25, 0.3) is 0 Å². The van der Waals surface area contributed by atoms with Crippen LogP contribution >= 0.6 is 0 Å². The summed E-state index contributed by atoms with van der Waals surface area (Å²) in [6, 6.07) is 24.1. The van der Waals surface area contributed by atoms with E-state index in [9.17, 15) is 9.59 Å². The molecule has 0 aromatic heterocycles. The van der Waals surface area contributed by atoms with Gasteiger partial charge in [0.2, 0.25) is 0 Å². The Morgan fingerprint density at radius 3 is 2.00 bits per heavy atom. The fraction of sp³-hybridized carbons (Fsp3) is 0.167. The van der Waals surface area contributed by atoms with Crippen LogP contribution in [0.3, 0.4) is 0 Å². The molecule has 0 spiro atoms. The number of hydrogen-bond donors (Lipinski definition) is 1. The van der Waals surface area contributed by atoms with Gasteiger partial charge in [0.15, 0.2) is 12.4 Å². The van der Waals surface area contributed by atoms with Crippen LogP contribution in [0.5, 0.6) is 11.5 Å². The lowest BCUT2D eigenvalue weighted by atomic mass is 9.99. The van der Waals surface area contributed by atoms with E-state index in [4.69, 9.17) is 9.47 Å². The number of Topliss-reactive ketones (excluding diaryl/α,β-unsaturated/α-hetero) is 1. The third-order valence-corrected chi connectivity index (χ3v) is 4.50. The van der Waals surface area contributed by atoms with E-state index in [-0.39, 0.29) is 24.3 Å². The lowest BCUT2D eigenvalue weighted by Crippen LogP contribution is -2.33. The van der Waals surface area contributed by atoms with Crippen LogP contribution in [0.2, 0.25) is 0 Å². The summed E-state index contributed by atoms with van der Waals surface area (Å²) in [4.78, 5) is 24.5. The molecule has 0 fully saturated rings. The number of nitrogens with one attached hydrogen (secondary N) is 1. The minimum atomic E-state index is -0.295. The maximum atomic E-state index is 12.6. The molecule has 0 aliphatic heterocycles. The molecule has 3 aromatic rings. The molecule has 0 atom stereocenters. The summed E-state index contributed by atoms with van der Waals surface area (Å²) in [6.07, 6.45) is 0. The average Bonchev–Trinajstić information content (AvgIpc) is 2.77. The second-order valence-electron chi connectivity index (χ2n) is 6.53. The lowest BCUT2D eigenvalue weighted by molar-refractivity contribution is -0.123. The molecule has 0 unspecified atom stereocenters. The van der Waals surface area contributed by atoms with E-state index < -0.39 is 0 Å². The summed E-state index contributed by atoms with van der Waals surface area (Å²) in [6.45, 7) is 1.24. The van der Waals surface area contributed by atoms with Crippen molar-refractivity contribution >= 4 is 11.7 Å². The highest BCUT2D eigenvalue weighted by Gasteiger charge is 2.18. The maximum absolute atomic E-state index is 12.6. The minimum absolute atomic E-state index is 0.161. The van der Waals surface area contributed by atoms with Gasteiger partial charge in [-0.1, -0.05) is 60.7 Å². The van der Waals surface area contributed by atoms with Gasteiger partial charge in [0.1, 0.15) is 11.5 Å². The van der Waals surface area contributed by atoms with Crippen LogP contribution in [0.4, 0.5) is 0 Å². The summed E-state index contributed by atoms with van der Waals surface area (Å²) in [5.74, 6) is 0.462. The van der Waals surface area contributed by atoms with E-state index in [0.717, 1.165) is 11.1 Å². The smallest absolute Gasteiger partial charge is 0.258 e. The molecule has 0 aliphatic rings. The van der Waals surface area contributed by atoms with Gasteiger partial charge in [-0.2, -0.15) is 0 Å². The number of ether oxygens (including phenoxy) is 2. The topological polar surface area (TPSA) is 64.6 Å². The molecule has 0 saturated heterocycles. The number of rotatable bonds is 8. The first-order chi connectivity index (χ1) is 14.1. The van der Waals surface area contributed by atoms with Gasteiger partial charge < -0.3 is 14.8 Å². The molecule has 3 aromatic carbocycles. The van der Waals surface area contributed by atoms with Crippen molar-refractivity contribution in [1.82, 2.24) is 5.32 Å². The predicted molar refractivity (Wildman–Crippen MR) is 111 cm³/mol. The largest absolute Gasteiger partial charge is 0.497 e. The van der Waals surface area contributed by atoms with Gasteiger partial charge in [-0.05, 0) is 36.2 Å². The van der Waals surface area contributed by atoms with Crippen LogP contribution in [-0.2, 0) is 4.79 Å². The zero-order valence-corrected chi connectivity index (χ0v) is 16.4. The molecular formula is C24H23NO4. The number of amides is 1. The predicted octanol–water partition coefficient (Wildman–Crippen LogP) is 4.18. The third kappa shape index (κ3) is 5.23. The summed E-state index contributed by atoms with van der Waals surface area (Å²) in [5, 5.41) is 3.02. The first-order valence-corrected chi connectivity index (χ1v) is 9.29. The van der Waals surface area contributed by atoms with Crippen molar-refractivity contribution in [1.29, 1.82) is 0 Å². The highest BCUT2D eigenvalue weighted by Crippen LogP contribution is 2.25. The Balaban J connectivity index is 1.74. The Morgan fingerprint density at radius 2 is 1.48 bits per heavy atom. The van der Waals surface area contributed by atoms with Crippen molar-refractivity contribution in [2.75, 3.05) is 13.7 Å². The summed E-state index contributed by atoms with van der Waals surface area (Å²) >= 11 is 0. The molecular weight excluding hydrogens is 366 g/mol. The van der Waals surface area contributed by atoms with E-state index in [1.165, 1.54) is 14.0 Å². The van der Waals surface area contributed by atoms with Crippen LogP contribution in [0.15, 0.2) is 78.9 Å². The van der Waals surface area contributed by atoms with Crippen LogP contribution in [-0.4, -0.2) is 25.4 Å². The van der Waals surface area contributed by atoms with Crippen molar-refractivity contribution in [2.24, 2.45) is 0 Å². The van der Waals surface area contributed by atoms with Gasteiger partial charge in [-0.15, -0.1) is 0 Å². The molecule has 0 radical (unpaired) electrons. The molecule has 29 heavy (non-hydrogen) atoms. The molecule has 0 heterocycles. The first-order valence-electron chi connectivity index (χ1n) is 9.29. The number of carbonyl (C=O) groups excluding carboxylic acids is 2. The van der Waals surface area contributed by atoms with Gasteiger partial charge >= 0.3 is 0 Å². The van der Waals surface area contributed by atoms with Crippen LogP contribution in [0.1, 0.15) is 34.5 Å². The molecule has 1 amide bonds. The van der Waals surface area contributed by atoms with E-state index in [1.54, 1.807) is 18.2 Å². The van der Waals surface area contributed by atoms with Crippen molar-refractivity contribution in [3.63, 3.8) is 0 Å². The van der Waals surface area contributed by atoms with Crippen molar-refractivity contribution < 1.29 is 19.1 Å².